The van der Waals surface area contributed by atoms with E-state index in [0.29, 0.717) is 11.8 Å². The summed E-state index contributed by atoms with van der Waals surface area (Å²) in [7, 11) is 0. The summed E-state index contributed by atoms with van der Waals surface area (Å²) in [5.74, 6) is 2.01. The van der Waals surface area contributed by atoms with E-state index in [-0.39, 0.29) is 18.2 Å². The second-order valence-electron chi connectivity index (χ2n) is 6.56. The molecular formula is C17H26N2O2. The fourth-order valence-electron chi connectivity index (χ4n) is 3.92. The topological polar surface area (TPSA) is 50.4 Å². The molecule has 3 unspecified atom stereocenters. The van der Waals surface area contributed by atoms with Crippen LogP contribution in [0.15, 0.2) is 24.8 Å². The Kier molecular flexibility index (Phi) is 4.63. The fraction of sp³-hybridized carbons (Fsp3) is 0.706. The lowest BCUT2D eigenvalue weighted by atomic mass is 9.69. The van der Waals surface area contributed by atoms with Crippen molar-refractivity contribution in [1.82, 2.24) is 10.6 Å². The number of allylic oxidation sites excluding steroid dienone is 2. The van der Waals surface area contributed by atoms with E-state index in [1.54, 1.807) is 6.08 Å². The molecule has 2 bridgehead atoms. The minimum Gasteiger partial charge on any atom is -0.372 e. The van der Waals surface area contributed by atoms with Gasteiger partial charge in [-0.15, -0.1) is 6.58 Å². The van der Waals surface area contributed by atoms with Crippen LogP contribution in [0.5, 0.6) is 0 Å². The molecule has 21 heavy (non-hydrogen) atoms. The zero-order valence-electron chi connectivity index (χ0n) is 12.6. The van der Waals surface area contributed by atoms with Gasteiger partial charge in [-0.05, 0) is 49.9 Å². The van der Waals surface area contributed by atoms with Crippen molar-refractivity contribution in [2.75, 3.05) is 13.2 Å². The molecule has 4 aliphatic rings. The highest BCUT2D eigenvalue weighted by molar-refractivity contribution is 5.74. The minimum absolute atomic E-state index is 0.0546. The maximum atomic E-state index is 12.1. The molecule has 5 atom stereocenters. The van der Waals surface area contributed by atoms with Gasteiger partial charge in [-0.25, -0.2) is 4.79 Å². The maximum absolute atomic E-state index is 12.1. The number of nitrogens with one attached hydrogen (secondary N) is 2. The van der Waals surface area contributed by atoms with Crippen molar-refractivity contribution in [3.63, 3.8) is 0 Å². The van der Waals surface area contributed by atoms with Gasteiger partial charge in [-0.1, -0.05) is 18.2 Å². The van der Waals surface area contributed by atoms with Crippen LogP contribution < -0.4 is 10.6 Å². The largest absolute Gasteiger partial charge is 0.372 e. The van der Waals surface area contributed by atoms with Crippen molar-refractivity contribution >= 4 is 6.03 Å². The van der Waals surface area contributed by atoms with Crippen molar-refractivity contribution in [3.8, 4) is 0 Å². The molecule has 1 saturated heterocycles. The summed E-state index contributed by atoms with van der Waals surface area (Å²) in [5, 5.41) is 6.09. The Labute approximate surface area is 127 Å². The van der Waals surface area contributed by atoms with Gasteiger partial charge >= 0.3 is 6.03 Å². The molecule has 0 aromatic carbocycles. The van der Waals surface area contributed by atoms with Gasteiger partial charge in [0.1, 0.15) is 0 Å². The van der Waals surface area contributed by atoms with E-state index in [9.17, 15) is 4.79 Å². The number of hydrogen-bond donors (Lipinski definition) is 2. The van der Waals surface area contributed by atoms with Gasteiger partial charge < -0.3 is 15.4 Å². The first kappa shape index (κ1) is 14.6. The second kappa shape index (κ2) is 6.65. The van der Waals surface area contributed by atoms with Crippen LogP contribution in [0, 0.1) is 17.8 Å². The summed E-state index contributed by atoms with van der Waals surface area (Å²) in [5.41, 5.74) is 0. The van der Waals surface area contributed by atoms with E-state index >= 15 is 0 Å². The Morgan fingerprint density at radius 2 is 2.24 bits per heavy atom. The van der Waals surface area contributed by atoms with Crippen molar-refractivity contribution in [3.05, 3.63) is 24.8 Å². The lowest BCUT2D eigenvalue weighted by molar-refractivity contribution is 0.0239. The molecule has 4 heteroatoms. The SMILES string of the molecule is C=C[C@@H]1OCCC[C@H]1NC(=O)NCC1CC2C=CC1CC2. The average molecular weight is 290 g/mol. The van der Waals surface area contributed by atoms with Crippen LogP contribution in [-0.2, 0) is 4.74 Å². The molecule has 0 spiro atoms. The minimum atomic E-state index is -0.0669. The fourth-order valence-corrected chi connectivity index (χ4v) is 3.92. The molecule has 0 aromatic rings. The molecule has 2 N–H and O–H groups in total. The number of carbonyl (C=O) groups is 1. The first-order valence-corrected chi connectivity index (χ1v) is 8.23. The molecule has 0 radical (unpaired) electrons. The van der Waals surface area contributed by atoms with E-state index < -0.39 is 0 Å². The highest BCUT2D eigenvalue weighted by Crippen LogP contribution is 2.39. The van der Waals surface area contributed by atoms with Gasteiger partial charge in [0.2, 0.25) is 0 Å². The molecule has 116 valence electrons. The Balaban J connectivity index is 1.44. The molecule has 0 aromatic heterocycles. The van der Waals surface area contributed by atoms with Crippen molar-refractivity contribution in [2.45, 2.75) is 44.2 Å². The molecule has 3 aliphatic carbocycles. The summed E-state index contributed by atoms with van der Waals surface area (Å²) in [6, 6.07) is -0.0123. The predicted octanol–water partition coefficient (Wildman–Crippen LogP) is 2.62. The van der Waals surface area contributed by atoms with Crippen molar-refractivity contribution in [2.24, 2.45) is 17.8 Å². The Morgan fingerprint density at radius 3 is 2.90 bits per heavy atom. The average Bonchev–Trinajstić information content (AvgIpc) is 2.54. The van der Waals surface area contributed by atoms with Crippen molar-refractivity contribution < 1.29 is 9.53 Å². The number of fused-ring (bicyclic) bond motifs is 2. The number of ether oxygens (including phenoxy) is 1. The van der Waals surface area contributed by atoms with Crippen molar-refractivity contribution in [1.29, 1.82) is 0 Å². The molecule has 1 heterocycles. The van der Waals surface area contributed by atoms with Gasteiger partial charge in [0.15, 0.2) is 0 Å². The summed E-state index contributed by atoms with van der Waals surface area (Å²) in [6.45, 7) is 5.32. The summed E-state index contributed by atoms with van der Waals surface area (Å²) in [6.07, 6.45) is 12.2. The van der Waals surface area contributed by atoms with Gasteiger partial charge in [0.05, 0.1) is 12.1 Å². The first-order chi connectivity index (χ1) is 10.3. The van der Waals surface area contributed by atoms with Crippen LogP contribution in [0.4, 0.5) is 4.79 Å². The zero-order valence-corrected chi connectivity index (χ0v) is 12.6. The highest BCUT2D eigenvalue weighted by atomic mass is 16.5. The smallest absolute Gasteiger partial charge is 0.315 e. The molecule has 2 amide bonds. The van der Waals surface area contributed by atoms with Crippen LogP contribution in [0.3, 0.4) is 0 Å². The van der Waals surface area contributed by atoms with Gasteiger partial charge in [-0.3, -0.25) is 0 Å². The molecule has 1 saturated carbocycles. The standard InChI is InChI=1S/C17H26N2O2/c1-2-16-15(4-3-9-21-16)19-17(20)18-11-14-10-12-5-7-13(14)8-6-12/h2,5,7,12-16H,1,3-4,6,8-11H2,(H2,18,19,20)/t12?,13?,14?,15-,16+/m1/s1. The third kappa shape index (κ3) is 3.49. The molecule has 1 aliphatic heterocycles. The van der Waals surface area contributed by atoms with Gasteiger partial charge in [-0.2, -0.15) is 0 Å². The number of carbonyl (C=O) groups excluding carboxylic acids is 1. The van der Waals surface area contributed by atoms with Crippen LogP contribution >= 0.6 is 0 Å². The second-order valence-corrected chi connectivity index (χ2v) is 6.56. The monoisotopic (exact) mass is 290 g/mol. The summed E-state index contributed by atoms with van der Waals surface area (Å²) < 4.78 is 5.61. The van der Waals surface area contributed by atoms with Crippen LogP contribution in [-0.4, -0.2) is 31.3 Å². The number of hydrogen-bond acceptors (Lipinski definition) is 2. The van der Waals surface area contributed by atoms with E-state index in [4.69, 9.17) is 4.74 Å². The lowest BCUT2D eigenvalue weighted by Gasteiger charge is -2.38. The quantitative estimate of drug-likeness (QED) is 0.782. The third-order valence-corrected chi connectivity index (χ3v) is 5.15. The predicted molar refractivity (Wildman–Crippen MR) is 83.0 cm³/mol. The van der Waals surface area contributed by atoms with Gasteiger partial charge in [0, 0.05) is 13.2 Å². The zero-order chi connectivity index (χ0) is 14.7. The lowest BCUT2D eigenvalue weighted by Crippen LogP contribution is -2.51. The third-order valence-electron chi connectivity index (χ3n) is 5.15. The van der Waals surface area contributed by atoms with E-state index in [0.717, 1.165) is 31.9 Å². The van der Waals surface area contributed by atoms with E-state index in [1.165, 1.54) is 19.3 Å². The molecule has 2 fully saturated rings. The molecule has 4 nitrogen and oxygen atoms in total. The number of amides is 2. The van der Waals surface area contributed by atoms with Crippen LogP contribution in [0.1, 0.15) is 32.1 Å². The van der Waals surface area contributed by atoms with Crippen LogP contribution in [0.2, 0.25) is 0 Å². The van der Waals surface area contributed by atoms with E-state index in [2.05, 4.69) is 29.4 Å². The highest BCUT2D eigenvalue weighted by Gasteiger charge is 2.32. The molecule has 4 rings (SSSR count). The Morgan fingerprint density at radius 1 is 1.33 bits per heavy atom. The van der Waals surface area contributed by atoms with E-state index in [1.807, 2.05) is 0 Å². The summed E-state index contributed by atoms with van der Waals surface area (Å²) in [4.78, 5) is 12.1. The summed E-state index contributed by atoms with van der Waals surface area (Å²) >= 11 is 0. The molecular weight excluding hydrogens is 264 g/mol. The number of rotatable bonds is 4. The number of urea groups is 1. The Bertz CT molecular complexity index is 421. The Hall–Kier alpha value is -1.29. The van der Waals surface area contributed by atoms with Crippen LogP contribution in [0.25, 0.3) is 0 Å². The first-order valence-electron chi connectivity index (χ1n) is 8.23. The van der Waals surface area contributed by atoms with Gasteiger partial charge in [0.25, 0.3) is 0 Å². The maximum Gasteiger partial charge on any atom is 0.315 e. The normalized spacial score (nSPS) is 38.0.